The maximum atomic E-state index is 13.4. The Kier molecular flexibility index (Phi) is 5.35. The summed E-state index contributed by atoms with van der Waals surface area (Å²) in [6, 6.07) is 5.89. The number of allylic oxidation sites excluding steroid dienone is 2. The van der Waals surface area contributed by atoms with E-state index in [1.165, 1.54) is 0 Å². The quantitative estimate of drug-likeness (QED) is 0.489. The maximum Gasteiger partial charge on any atom is 0.174 e. The monoisotopic (exact) mass is 472 g/mol. The van der Waals surface area contributed by atoms with Crippen LogP contribution in [0.1, 0.15) is 86.7 Å². The van der Waals surface area contributed by atoms with Crippen LogP contribution in [0.25, 0.3) is 12.2 Å². The van der Waals surface area contributed by atoms with Gasteiger partial charge in [0.05, 0.1) is 12.0 Å². The van der Waals surface area contributed by atoms with E-state index in [1.807, 2.05) is 90.1 Å². The molecule has 35 heavy (non-hydrogen) atoms. The smallest absolute Gasteiger partial charge is 0.174 e. The third kappa shape index (κ3) is 4.24. The summed E-state index contributed by atoms with van der Waals surface area (Å²) in [5.74, 6) is 1.58. The second kappa shape index (κ2) is 8.04. The van der Waals surface area contributed by atoms with Crippen molar-refractivity contribution in [3.63, 3.8) is 0 Å². The summed E-state index contributed by atoms with van der Waals surface area (Å²) < 4.78 is 18.8. The molecule has 0 spiro atoms. The molecule has 0 aromatic heterocycles. The summed E-state index contributed by atoms with van der Waals surface area (Å²) in [4.78, 5) is 13.4. The van der Waals surface area contributed by atoms with Gasteiger partial charge in [0.1, 0.15) is 45.9 Å². The van der Waals surface area contributed by atoms with Crippen LogP contribution in [0.15, 0.2) is 42.0 Å². The molecule has 2 aromatic carbocycles. The Morgan fingerprint density at radius 2 is 1.77 bits per heavy atom. The maximum absolute atomic E-state index is 13.4. The number of phenols is 1. The van der Waals surface area contributed by atoms with Gasteiger partial charge < -0.3 is 19.3 Å². The van der Waals surface area contributed by atoms with Gasteiger partial charge in [-0.1, -0.05) is 23.8 Å². The summed E-state index contributed by atoms with van der Waals surface area (Å²) in [5, 5.41) is 11.2. The van der Waals surface area contributed by atoms with Gasteiger partial charge >= 0.3 is 0 Å². The molecule has 0 saturated heterocycles. The number of ketones is 1. The summed E-state index contributed by atoms with van der Waals surface area (Å²) in [7, 11) is 0. The summed E-state index contributed by atoms with van der Waals surface area (Å²) >= 11 is 0. The van der Waals surface area contributed by atoms with Crippen LogP contribution in [0.2, 0.25) is 0 Å². The Morgan fingerprint density at radius 3 is 2.51 bits per heavy atom. The highest BCUT2D eigenvalue weighted by Crippen LogP contribution is 2.51. The number of hydrogen-bond donors (Lipinski definition) is 1. The van der Waals surface area contributed by atoms with E-state index in [0.717, 1.165) is 22.4 Å². The van der Waals surface area contributed by atoms with Crippen molar-refractivity contribution in [2.45, 2.75) is 71.7 Å². The number of carbonyl (C=O) groups is 1. The van der Waals surface area contributed by atoms with E-state index in [-0.39, 0.29) is 29.1 Å². The number of Topliss-reactive ketones (excluding diaryl/α,β-unsaturated/α-hetero) is 1. The highest BCUT2D eigenvalue weighted by molar-refractivity contribution is 6.05. The molecule has 0 aliphatic carbocycles. The molecule has 0 fully saturated rings. The van der Waals surface area contributed by atoms with Crippen LogP contribution >= 0.6 is 0 Å². The van der Waals surface area contributed by atoms with Crippen molar-refractivity contribution in [2.75, 3.05) is 0 Å². The number of phenolic OH excluding ortho intramolecular Hbond substituents is 1. The minimum absolute atomic E-state index is 0.0465. The van der Waals surface area contributed by atoms with E-state index in [1.54, 1.807) is 0 Å². The number of benzene rings is 2. The average molecular weight is 473 g/mol. The minimum Gasteiger partial charge on any atom is -0.507 e. The SMILES string of the molecule is CC(C)=CCc1c(O)c2c(c3c1OC(C)(C)C=C3)O[C@@H](c1ccc3c(c1)C=CC(C)(C)O3)CC2=O. The van der Waals surface area contributed by atoms with E-state index in [9.17, 15) is 9.90 Å². The standard InChI is InChI=1S/C30H32O5/c1-17(2)7-9-20-26(32)25-22(31)16-24(33-28(25)21-12-14-30(5,6)35-27(20)21)18-8-10-23-19(15-18)11-13-29(3,4)34-23/h7-8,10-15,24,32H,9,16H2,1-6H3/t24-/m1/s1. The number of aromatic hydroxyl groups is 1. The van der Waals surface area contributed by atoms with Gasteiger partial charge in [0.15, 0.2) is 5.78 Å². The normalized spacial score (nSPS) is 20.5. The molecule has 1 atom stereocenters. The van der Waals surface area contributed by atoms with Crippen LogP contribution in [0.4, 0.5) is 0 Å². The lowest BCUT2D eigenvalue weighted by molar-refractivity contribution is 0.0840. The summed E-state index contributed by atoms with van der Waals surface area (Å²) in [6.07, 6.45) is 10.1. The third-order valence-corrected chi connectivity index (χ3v) is 6.60. The van der Waals surface area contributed by atoms with Crippen LogP contribution < -0.4 is 14.2 Å². The van der Waals surface area contributed by atoms with Gasteiger partial charge in [-0.3, -0.25) is 4.79 Å². The molecule has 3 aliphatic rings. The molecule has 182 valence electrons. The molecule has 0 radical (unpaired) electrons. The lowest BCUT2D eigenvalue weighted by Crippen LogP contribution is -2.30. The van der Waals surface area contributed by atoms with Crippen molar-refractivity contribution in [1.82, 2.24) is 0 Å². The Balaban J connectivity index is 1.59. The molecule has 3 aliphatic heterocycles. The lowest BCUT2D eigenvalue weighted by Gasteiger charge is -2.34. The van der Waals surface area contributed by atoms with Crippen LogP contribution in [-0.4, -0.2) is 22.1 Å². The first-order chi connectivity index (χ1) is 16.4. The second-order valence-corrected chi connectivity index (χ2v) is 10.9. The molecule has 5 heteroatoms. The zero-order valence-corrected chi connectivity index (χ0v) is 21.2. The van der Waals surface area contributed by atoms with Crippen LogP contribution in [0.5, 0.6) is 23.0 Å². The number of carbonyl (C=O) groups excluding carboxylic acids is 1. The van der Waals surface area contributed by atoms with Crippen molar-refractivity contribution in [3.05, 3.63) is 69.8 Å². The van der Waals surface area contributed by atoms with Crippen LogP contribution in [0, 0.1) is 0 Å². The van der Waals surface area contributed by atoms with Crippen molar-refractivity contribution >= 4 is 17.9 Å². The zero-order chi connectivity index (χ0) is 25.1. The van der Waals surface area contributed by atoms with Crippen molar-refractivity contribution in [1.29, 1.82) is 0 Å². The van der Waals surface area contributed by atoms with E-state index < -0.39 is 11.7 Å². The number of ether oxygens (including phenoxy) is 3. The fourth-order valence-corrected chi connectivity index (χ4v) is 4.73. The molecule has 1 N–H and O–H groups in total. The van der Waals surface area contributed by atoms with Gasteiger partial charge in [-0.25, -0.2) is 0 Å². The average Bonchev–Trinajstić information content (AvgIpc) is 2.76. The predicted molar refractivity (Wildman–Crippen MR) is 137 cm³/mol. The third-order valence-electron chi connectivity index (χ3n) is 6.60. The first-order valence-electron chi connectivity index (χ1n) is 12.1. The highest BCUT2D eigenvalue weighted by atomic mass is 16.5. The first kappa shape index (κ1) is 23.3. The van der Waals surface area contributed by atoms with Gasteiger partial charge in [0.25, 0.3) is 0 Å². The number of rotatable bonds is 3. The van der Waals surface area contributed by atoms with Gasteiger partial charge in [-0.15, -0.1) is 0 Å². The molecule has 5 rings (SSSR count). The fourth-order valence-electron chi connectivity index (χ4n) is 4.73. The Labute approximate surface area is 206 Å². The van der Waals surface area contributed by atoms with Crippen LogP contribution in [0.3, 0.4) is 0 Å². The zero-order valence-electron chi connectivity index (χ0n) is 21.2. The van der Waals surface area contributed by atoms with Gasteiger partial charge in [0, 0.05) is 11.1 Å². The number of hydrogen-bond acceptors (Lipinski definition) is 5. The van der Waals surface area contributed by atoms with Crippen molar-refractivity contribution in [3.8, 4) is 23.0 Å². The van der Waals surface area contributed by atoms with Gasteiger partial charge in [0.2, 0.25) is 0 Å². The first-order valence-corrected chi connectivity index (χ1v) is 12.1. The Morgan fingerprint density at radius 1 is 1.06 bits per heavy atom. The largest absolute Gasteiger partial charge is 0.507 e. The molecule has 0 unspecified atom stereocenters. The van der Waals surface area contributed by atoms with E-state index in [2.05, 4.69) is 0 Å². The van der Waals surface area contributed by atoms with E-state index in [0.29, 0.717) is 29.0 Å². The molecule has 0 saturated carbocycles. The van der Waals surface area contributed by atoms with E-state index >= 15 is 0 Å². The summed E-state index contributed by atoms with van der Waals surface area (Å²) in [6.45, 7) is 12.0. The lowest BCUT2D eigenvalue weighted by atomic mass is 9.88. The topological polar surface area (TPSA) is 65.0 Å². The molecular formula is C30H32O5. The number of fused-ring (bicyclic) bond motifs is 4. The molecule has 2 aromatic rings. The van der Waals surface area contributed by atoms with E-state index in [4.69, 9.17) is 14.2 Å². The molecule has 5 nitrogen and oxygen atoms in total. The summed E-state index contributed by atoms with van der Waals surface area (Å²) in [5.41, 5.74) is 3.64. The highest BCUT2D eigenvalue weighted by Gasteiger charge is 2.38. The molecule has 3 heterocycles. The molecule has 0 amide bonds. The second-order valence-electron chi connectivity index (χ2n) is 10.9. The van der Waals surface area contributed by atoms with Crippen LogP contribution in [-0.2, 0) is 6.42 Å². The van der Waals surface area contributed by atoms with Gasteiger partial charge in [-0.05, 0) is 83.9 Å². The fraction of sp³-hybridized carbons (Fsp3) is 0.367. The Bertz CT molecular complexity index is 1320. The van der Waals surface area contributed by atoms with Crippen molar-refractivity contribution in [2.24, 2.45) is 0 Å². The Hall–Kier alpha value is -3.47. The predicted octanol–water partition coefficient (Wildman–Crippen LogP) is 6.98. The molecule has 0 bridgehead atoms. The molecular weight excluding hydrogens is 440 g/mol. The van der Waals surface area contributed by atoms with Crippen molar-refractivity contribution < 1.29 is 24.1 Å². The van der Waals surface area contributed by atoms with Gasteiger partial charge in [-0.2, -0.15) is 0 Å². The minimum atomic E-state index is -0.538.